The number of rotatable bonds is 5. The Bertz CT molecular complexity index is 1320. The Morgan fingerprint density at radius 2 is 2.03 bits per heavy atom. The minimum Gasteiger partial charge on any atom is -0.469 e. The van der Waals surface area contributed by atoms with Crippen molar-refractivity contribution in [3.63, 3.8) is 0 Å². The number of fused-ring (bicyclic) bond motifs is 3. The molecule has 0 spiro atoms. The number of hydrogen-bond donors (Lipinski definition) is 0. The van der Waals surface area contributed by atoms with E-state index in [0.29, 0.717) is 0 Å². The average molecular weight is 459 g/mol. The number of ether oxygens (including phenoxy) is 1. The summed E-state index contributed by atoms with van der Waals surface area (Å²) < 4.78 is 6.94. The number of aromatic nitrogens is 4. The van der Waals surface area contributed by atoms with Crippen LogP contribution >= 0.6 is 11.3 Å². The van der Waals surface area contributed by atoms with E-state index in [9.17, 15) is 4.79 Å². The highest BCUT2D eigenvalue weighted by Gasteiger charge is 2.29. The number of esters is 1. The van der Waals surface area contributed by atoms with Gasteiger partial charge in [-0.2, -0.15) is 5.10 Å². The van der Waals surface area contributed by atoms with Crippen molar-refractivity contribution in [1.82, 2.24) is 19.7 Å². The van der Waals surface area contributed by atoms with Crippen LogP contribution in [-0.2, 0) is 35.2 Å². The third kappa shape index (κ3) is 3.97. The van der Waals surface area contributed by atoms with E-state index in [1.165, 1.54) is 12.7 Å². The lowest BCUT2D eigenvalue weighted by molar-refractivity contribution is -0.139. The van der Waals surface area contributed by atoms with Crippen LogP contribution in [0.2, 0.25) is 0 Å². The summed E-state index contributed by atoms with van der Waals surface area (Å²) in [5, 5.41) is 5.92. The molecule has 6 nitrogen and oxygen atoms in total. The van der Waals surface area contributed by atoms with Gasteiger partial charge in [-0.1, -0.05) is 25.1 Å². The quantitative estimate of drug-likeness (QED) is 0.388. The highest BCUT2D eigenvalue weighted by Crippen LogP contribution is 2.42. The highest BCUT2D eigenvalue weighted by molar-refractivity contribution is 7.15. The Morgan fingerprint density at radius 1 is 1.18 bits per heavy atom. The lowest BCUT2D eigenvalue weighted by Crippen LogP contribution is -2.04. The number of thiazole rings is 1. The summed E-state index contributed by atoms with van der Waals surface area (Å²) >= 11 is 1.58. The molecule has 7 heteroatoms. The number of methoxy groups -OCH3 is 1. The smallest absolute Gasteiger partial charge is 0.312 e. The summed E-state index contributed by atoms with van der Waals surface area (Å²) in [6, 6.07) is 12.5. The van der Waals surface area contributed by atoms with Gasteiger partial charge < -0.3 is 4.74 Å². The standard InChI is InChI=1S/C26H26N4O2S/c1-4-18-13-12-17(15-27-18)24-19-9-7-10-20-26(33-22(28-20)14-23(31)32-3)25(19)30(29-24)21-11-6-5-8-16(21)2/h5-6,8,11-13,15H,4,7,9-10,14H2,1-3H3. The zero-order chi connectivity index (χ0) is 22.9. The molecule has 1 aliphatic carbocycles. The van der Waals surface area contributed by atoms with E-state index in [-0.39, 0.29) is 12.4 Å². The maximum absolute atomic E-state index is 11.9. The summed E-state index contributed by atoms with van der Waals surface area (Å²) in [7, 11) is 1.41. The molecule has 1 aromatic carbocycles. The largest absolute Gasteiger partial charge is 0.469 e. The van der Waals surface area contributed by atoms with Gasteiger partial charge in [-0.15, -0.1) is 11.3 Å². The van der Waals surface area contributed by atoms with Crippen LogP contribution in [0.1, 0.15) is 40.9 Å². The third-order valence-corrected chi connectivity index (χ3v) is 7.21. The van der Waals surface area contributed by atoms with Gasteiger partial charge in [-0.25, -0.2) is 9.67 Å². The first-order valence-electron chi connectivity index (χ1n) is 11.3. The highest BCUT2D eigenvalue weighted by atomic mass is 32.1. The average Bonchev–Trinajstić information content (AvgIpc) is 3.35. The molecule has 3 heterocycles. The molecule has 0 aliphatic heterocycles. The van der Waals surface area contributed by atoms with Gasteiger partial charge in [0, 0.05) is 23.0 Å². The second kappa shape index (κ2) is 8.90. The second-order valence-electron chi connectivity index (χ2n) is 8.26. The molecule has 0 amide bonds. The number of carbonyl (C=O) groups is 1. The number of pyridine rings is 1. The minimum absolute atomic E-state index is 0.192. The molecule has 0 bridgehead atoms. The van der Waals surface area contributed by atoms with Crippen molar-refractivity contribution in [3.05, 3.63) is 70.1 Å². The molecule has 4 aromatic rings. The first-order valence-corrected chi connectivity index (χ1v) is 12.1. The van der Waals surface area contributed by atoms with E-state index >= 15 is 0 Å². The number of benzene rings is 1. The Balaban J connectivity index is 1.73. The van der Waals surface area contributed by atoms with Gasteiger partial charge in [-0.05, 0) is 56.4 Å². The number of nitrogens with zero attached hydrogens (tertiary/aromatic N) is 4. The van der Waals surface area contributed by atoms with Gasteiger partial charge in [0.2, 0.25) is 0 Å². The first kappa shape index (κ1) is 21.5. The molecular formula is C26H26N4O2S. The van der Waals surface area contributed by atoms with Gasteiger partial charge in [0.05, 0.1) is 41.2 Å². The summed E-state index contributed by atoms with van der Waals surface area (Å²) in [6.07, 6.45) is 5.81. The number of carbonyl (C=O) groups excluding carboxylic acids is 1. The molecular weight excluding hydrogens is 432 g/mol. The number of para-hydroxylation sites is 1. The van der Waals surface area contributed by atoms with Gasteiger partial charge in [0.15, 0.2) is 0 Å². The van der Waals surface area contributed by atoms with Crippen molar-refractivity contribution in [2.45, 2.75) is 46.0 Å². The van der Waals surface area contributed by atoms with Crippen molar-refractivity contribution >= 4 is 17.3 Å². The summed E-state index contributed by atoms with van der Waals surface area (Å²) in [5.74, 6) is -0.269. The molecule has 3 aromatic heterocycles. The van der Waals surface area contributed by atoms with Crippen LogP contribution in [0, 0.1) is 6.92 Å². The topological polar surface area (TPSA) is 69.9 Å². The zero-order valence-corrected chi connectivity index (χ0v) is 19.9. The third-order valence-electron chi connectivity index (χ3n) is 6.11. The van der Waals surface area contributed by atoms with E-state index in [0.717, 1.165) is 75.2 Å². The predicted molar refractivity (Wildman–Crippen MR) is 130 cm³/mol. The van der Waals surface area contributed by atoms with Crippen LogP contribution in [0.15, 0.2) is 42.6 Å². The minimum atomic E-state index is -0.269. The summed E-state index contributed by atoms with van der Waals surface area (Å²) in [4.78, 5) is 22.4. The molecule has 0 radical (unpaired) electrons. The fourth-order valence-corrected chi connectivity index (χ4v) is 5.51. The van der Waals surface area contributed by atoms with Gasteiger partial charge >= 0.3 is 5.97 Å². The fraction of sp³-hybridized carbons (Fsp3) is 0.308. The van der Waals surface area contributed by atoms with Gasteiger partial charge in [-0.3, -0.25) is 9.78 Å². The molecule has 0 atom stereocenters. The number of hydrogen-bond acceptors (Lipinski definition) is 6. The second-order valence-corrected chi connectivity index (χ2v) is 9.34. The molecule has 33 heavy (non-hydrogen) atoms. The van der Waals surface area contributed by atoms with Crippen LogP contribution in [0.4, 0.5) is 0 Å². The Labute approximate surface area is 197 Å². The van der Waals surface area contributed by atoms with Crippen LogP contribution in [0.3, 0.4) is 0 Å². The van der Waals surface area contributed by atoms with E-state index in [2.05, 4.69) is 47.8 Å². The van der Waals surface area contributed by atoms with Crippen molar-refractivity contribution < 1.29 is 9.53 Å². The van der Waals surface area contributed by atoms with Crippen molar-refractivity contribution in [3.8, 4) is 27.5 Å². The normalized spacial score (nSPS) is 12.7. The van der Waals surface area contributed by atoms with Crippen LogP contribution in [-0.4, -0.2) is 32.8 Å². The van der Waals surface area contributed by atoms with Crippen LogP contribution in [0.25, 0.3) is 27.5 Å². The Kier molecular flexibility index (Phi) is 5.81. The monoisotopic (exact) mass is 458 g/mol. The maximum atomic E-state index is 11.9. The predicted octanol–water partition coefficient (Wildman–Crippen LogP) is 5.13. The molecule has 0 unspecified atom stereocenters. The molecule has 0 N–H and O–H groups in total. The van der Waals surface area contributed by atoms with Crippen LogP contribution in [0.5, 0.6) is 0 Å². The van der Waals surface area contributed by atoms with E-state index in [1.807, 2.05) is 18.3 Å². The molecule has 1 aliphatic rings. The molecule has 168 valence electrons. The molecule has 5 rings (SSSR count). The fourth-order valence-electron chi connectivity index (χ4n) is 4.36. The van der Waals surface area contributed by atoms with Crippen molar-refractivity contribution in [2.24, 2.45) is 0 Å². The molecule has 0 saturated heterocycles. The summed E-state index contributed by atoms with van der Waals surface area (Å²) in [5.41, 5.74) is 8.61. The SMILES string of the molecule is CCc1ccc(-c2nn(-c3ccccc3C)c3c2CCCc2nc(CC(=O)OC)sc2-3)cn1. The zero-order valence-electron chi connectivity index (χ0n) is 19.1. The van der Waals surface area contributed by atoms with Gasteiger partial charge in [0.1, 0.15) is 5.01 Å². The first-order chi connectivity index (χ1) is 16.1. The van der Waals surface area contributed by atoms with E-state index in [1.54, 1.807) is 11.3 Å². The van der Waals surface area contributed by atoms with Crippen molar-refractivity contribution in [2.75, 3.05) is 7.11 Å². The number of aryl methyl sites for hydroxylation is 3. The lowest BCUT2D eigenvalue weighted by Gasteiger charge is -2.10. The molecule has 0 fully saturated rings. The van der Waals surface area contributed by atoms with E-state index < -0.39 is 0 Å². The maximum Gasteiger partial charge on any atom is 0.312 e. The van der Waals surface area contributed by atoms with E-state index in [4.69, 9.17) is 14.8 Å². The Hall–Kier alpha value is -3.32. The molecule has 0 saturated carbocycles. The Morgan fingerprint density at radius 3 is 2.76 bits per heavy atom. The van der Waals surface area contributed by atoms with Crippen LogP contribution < -0.4 is 0 Å². The lowest BCUT2D eigenvalue weighted by atomic mass is 10.0. The summed E-state index contributed by atoms with van der Waals surface area (Å²) in [6.45, 7) is 4.21. The van der Waals surface area contributed by atoms with Crippen molar-refractivity contribution in [1.29, 1.82) is 0 Å². The van der Waals surface area contributed by atoms with Gasteiger partial charge in [0.25, 0.3) is 0 Å².